The zero-order chi connectivity index (χ0) is 18.4. The van der Waals surface area contributed by atoms with Gasteiger partial charge in [0.1, 0.15) is 0 Å². The lowest BCUT2D eigenvalue weighted by Crippen LogP contribution is -2.49. The Balaban J connectivity index is 2.14. The number of benzene rings is 1. The molecule has 0 atom stereocenters. The summed E-state index contributed by atoms with van der Waals surface area (Å²) in [6, 6.07) is 8.16. The van der Waals surface area contributed by atoms with Crippen molar-refractivity contribution in [3.8, 4) is 0 Å². The summed E-state index contributed by atoms with van der Waals surface area (Å²) < 4.78 is 29.8. The fraction of sp³-hybridized carbons (Fsp3) is 0.684. The Morgan fingerprint density at radius 1 is 1.08 bits per heavy atom. The lowest BCUT2D eigenvalue weighted by Gasteiger charge is -2.34. The quantitative estimate of drug-likeness (QED) is 0.674. The molecule has 0 fully saturated rings. The maximum atomic E-state index is 13.3. The van der Waals surface area contributed by atoms with Crippen LogP contribution < -0.4 is 0 Å². The van der Waals surface area contributed by atoms with E-state index in [1.807, 2.05) is 18.2 Å². The molecule has 0 saturated carbocycles. The molecule has 2 rings (SSSR count). The summed E-state index contributed by atoms with van der Waals surface area (Å²) in [5, 5.41) is 0. The van der Waals surface area contributed by atoms with Crippen molar-refractivity contribution in [1.29, 1.82) is 0 Å². The summed E-state index contributed by atoms with van der Waals surface area (Å²) in [7, 11) is -3.43. The average molecular weight is 368 g/mol. The molecule has 1 aliphatic heterocycles. The molecule has 142 valence electrons. The van der Waals surface area contributed by atoms with Crippen molar-refractivity contribution < 1.29 is 8.42 Å². The van der Waals surface area contributed by atoms with Crippen molar-refractivity contribution >= 4 is 10.2 Å². The van der Waals surface area contributed by atoms with Crippen LogP contribution in [0.15, 0.2) is 24.3 Å². The first-order valence-electron chi connectivity index (χ1n) is 9.42. The molecule has 1 aliphatic rings. The van der Waals surface area contributed by atoms with Gasteiger partial charge in [-0.2, -0.15) is 17.0 Å². The number of hydrogen-bond acceptors (Lipinski definition) is 3. The molecule has 0 N–H and O–H groups in total. The maximum Gasteiger partial charge on any atom is 0.282 e. The minimum atomic E-state index is -3.43. The zero-order valence-electron chi connectivity index (χ0n) is 16.1. The first kappa shape index (κ1) is 20.4. The lowest BCUT2D eigenvalue weighted by atomic mass is 10.0. The number of rotatable bonds is 9. The van der Waals surface area contributed by atoms with E-state index in [9.17, 15) is 8.42 Å². The molecule has 0 radical (unpaired) electrons. The predicted octanol–water partition coefficient (Wildman–Crippen LogP) is 2.59. The normalized spacial score (nSPS) is 16.0. The van der Waals surface area contributed by atoms with Crippen LogP contribution in [0.5, 0.6) is 0 Å². The van der Waals surface area contributed by atoms with Gasteiger partial charge in [0.2, 0.25) is 0 Å². The van der Waals surface area contributed by atoms with Crippen LogP contribution in [-0.4, -0.2) is 61.2 Å². The van der Waals surface area contributed by atoms with Crippen LogP contribution in [0.2, 0.25) is 0 Å². The highest BCUT2D eigenvalue weighted by Gasteiger charge is 2.32. The fourth-order valence-electron chi connectivity index (χ4n) is 3.33. The topological polar surface area (TPSA) is 43.9 Å². The summed E-state index contributed by atoms with van der Waals surface area (Å²) in [6.07, 6.45) is 0.793. The highest BCUT2D eigenvalue weighted by molar-refractivity contribution is 7.86. The van der Waals surface area contributed by atoms with E-state index >= 15 is 0 Å². The van der Waals surface area contributed by atoms with Crippen molar-refractivity contribution in [3.63, 3.8) is 0 Å². The zero-order valence-corrected chi connectivity index (χ0v) is 16.9. The fourth-order valence-corrected chi connectivity index (χ4v) is 5.08. The number of likely N-dealkylation sites (N-methyl/N-ethyl adjacent to an activating group) is 1. The average Bonchev–Trinajstić information content (AvgIpc) is 2.60. The van der Waals surface area contributed by atoms with Crippen molar-refractivity contribution in [3.05, 3.63) is 35.4 Å². The molecule has 1 aromatic carbocycles. The summed E-state index contributed by atoms with van der Waals surface area (Å²) in [6.45, 7) is 13.2. The molecule has 0 bridgehead atoms. The summed E-state index contributed by atoms with van der Waals surface area (Å²) in [5.74, 6) is 0.309. The summed E-state index contributed by atoms with van der Waals surface area (Å²) in [4.78, 5) is 2.27. The Morgan fingerprint density at radius 3 is 2.32 bits per heavy atom. The third kappa shape index (κ3) is 5.26. The molecule has 0 amide bonds. The molecule has 0 aliphatic carbocycles. The minimum absolute atomic E-state index is 0.309. The molecule has 5 nitrogen and oxygen atoms in total. The highest BCUT2D eigenvalue weighted by Crippen LogP contribution is 2.23. The van der Waals surface area contributed by atoms with Crippen LogP contribution in [0.3, 0.4) is 0 Å². The van der Waals surface area contributed by atoms with Gasteiger partial charge in [0.15, 0.2) is 0 Å². The van der Waals surface area contributed by atoms with Crippen molar-refractivity contribution in [2.24, 2.45) is 5.92 Å². The molecule has 0 spiro atoms. The van der Waals surface area contributed by atoms with Crippen LogP contribution >= 0.6 is 0 Å². The van der Waals surface area contributed by atoms with E-state index in [-0.39, 0.29) is 0 Å². The minimum Gasteiger partial charge on any atom is -0.303 e. The highest BCUT2D eigenvalue weighted by atomic mass is 32.2. The van der Waals surface area contributed by atoms with Gasteiger partial charge in [0, 0.05) is 32.7 Å². The molecular weight excluding hydrogens is 334 g/mol. The van der Waals surface area contributed by atoms with E-state index < -0.39 is 10.2 Å². The van der Waals surface area contributed by atoms with Gasteiger partial charge in [0.05, 0.1) is 0 Å². The van der Waals surface area contributed by atoms with Gasteiger partial charge in [-0.25, -0.2) is 0 Å². The van der Waals surface area contributed by atoms with Crippen LogP contribution in [0.1, 0.15) is 38.8 Å². The Bertz CT molecular complexity index is 642. The molecule has 6 heteroatoms. The third-order valence-corrected chi connectivity index (χ3v) is 6.83. The molecule has 25 heavy (non-hydrogen) atoms. The second-order valence-electron chi connectivity index (χ2n) is 7.14. The maximum absolute atomic E-state index is 13.3. The van der Waals surface area contributed by atoms with Gasteiger partial charge in [-0.15, -0.1) is 0 Å². The standard InChI is InChI=1S/C19H33N3O2S/c1-5-20(6-2)13-14-22(15-17(3)4)25(23,24)21-12-11-18-9-7-8-10-19(18)16-21/h7-10,17H,5-6,11-16H2,1-4H3. The predicted molar refractivity (Wildman–Crippen MR) is 104 cm³/mol. The number of hydrogen-bond donors (Lipinski definition) is 0. The van der Waals surface area contributed by atoms with Crippen molar-refractivity contribution in [1.82, 2.24) is 13.5 Å². The van der Waals surface area contributed by atoms with Gasteiger partial charge < -0.3 is 4.90 Å². The number of nitrogens with zero attached hydrogens (tertiary/aromatic N) is 3. The molecule has 1 aromatic rings. The van der Waals surface area contributed by atoms with E-state index in [0.29, 0.717) is 32.1 Å². The lowest BCUT2D eigenvalue weighted by molar-refractivity contribution is 0.248. The Labute approximate surface area is 153 Å². The van der Waals surface area contributed by atoms with E-state index in [1.165, 1.54) is 5.56 Å². The van der Waals surface area contributed by atoms with Gasteiger partial charge in [-0.3, -0.25) is 0 Å². The largest absolute Gasteiger partial charge is 0.303 e. The third-order valence-electron chi connectivity index (χ3n) is 4.88. The summed E-state index contributed by atoms with van der Waals surface area (Å²) >= 11 is 0. The van der Waals surface area contributed by atoms with E-state index in [2.05, 4.69) is 38.7 Å². The Kier molecular flexibility index (Phi) is 7.43. The van der Waals surface area contributed by atoms with E-state index in [4.69, 9.17) is 0 Å². The van der Waals surface area contributed by atoms with E-state index in [1.54, 1.807) is 8.61 Å². The van der Waals surface area contributed by atoms with Gasteiger partial charge in [-0.1, -0.05) is 52.0 Å². The van der Waals surface area contributed by atoms with Crippen molar-refractivity contribution in [2.45, 2.75) is 40.7 Å². The Hall–Kier alpha value is -0.950. The first-order valence-corrected chi connectivity index (χ1v) is 10.8. The molecule has 0 aromatic heterocycles. The van der Waals surface area contributed by atoms with Crippen LogP contribution in [0, 0.1) is 5.92 Å². The van der Waals surface area contributed by atoms with Gasteiger partial charge >= 0.3 is 0 Å². The van der Waals surface area contributed by atoms with Crippen LogP contribution in [0.25, 0.3) is 0 Å². The first-order chi connectivity index (χ1) is 11.9. The van der Waals surface area contributed by atoms with Crippen LogP contribution in [0.4, 0.5) is 0 Å². The van der Waals surface area contributed by atoms with Gasteiger partial charge in [-0.05, 0) is 36.6 Å². The smallest absolute Gasteiger partial charge is 0.282 e. The van der Waals surface area contributed by atoms with Crippen LogP contribution in [-0.2, 0) is 23.2 Å². The van der Waals surface area contributed by atoms with E-state index in [0.717, 1.165) is 31.6 Å². The SMILES string of the molecule is CCN(CC)CCN(CC(C)C)S(=O)(=O)N1CCc2ccccc2C1. The summed E-state index contributed by atoms with van der Waals surface area (Å²) in [5.41, 5.74) is 2.40. The van der Waals surface area contributed by atoms with Gasteiger partial charge in [0.25, 0.3) is 10.2 Å². The monoisotopic (exact) mass is 367 g/mol. The molecule has 0 saturated heterocycles. The number of fused-ring (bicyclic) bond motifs is 1. The molecule has 0 unspecified atom stereocenters. The molecule has 1 heterocycles. The second kappa shape index (κ2) is 9.12. The second-order valence-corrected chi connectivity index (χ2v) is 9.07. The molecular formula is C19H33N3O2S. The van der Waals surface area contributed by atoms with Crippen molar-refractivity contribution in [2.75, 3.05) is 39.3 Å². The Morgan fingerprint density at radius 2 is 1.72 bits per heavy atom.